The SMILES string of the molecule is CCc1nc2c(c(-c3ccc(C(=O)N[C@@H]4CCc5cc(F)ccc54)s3)c1-c1nnc(C)o1)C(=O)N1CCC[C@@H]21. The van der Waals surface area contributed by atoms with Crippen LogP contribution in [0.15, 0.2) is 34.7 Å². The number of halogens is 1. The normalized spacial score (nSPS) is 19.4. The van der Waals surface area contributed by atoms with Gasteiger partial charge in [0.1, 0.15) is 5.82 Å². The summed E-state index contributed by atoms with van der Waals surface area (Å²) >= 11 is 1.33. The van der Waals surface area contributed by atoms with Crippen molar-refractivity contribution in [2.45, 2.75) is 58.0 Å². The quantitative estimate of drug-likeness (QED) is 0.353. The minimum atomic E-state index is -0.262. The molecular weight excluding hydrogens is 517 g/mol. The molecule has 39 heavy (non-hydrogen) atoms. The van der Waals surface area contributed by atoms with E-state index in [4.69, 9.17) is 9.40 Å². The monoisotopic (exact) mass is 543 g/mol. The van der Waals surface area contributed by atoms with E-state index in [2.05, 4.69) is 15.5 Å². The number of benzene rings is 1. The average Bonchev–Trinajstić information content (AvgIpc) is 3.75. The number of amides is 2. The fourth-order valence-corrected chi connectivity index (χ4v) is 7.21. The second kappa shape index (κ2) is 9.08. The van der Waals surface area contributed by atoms with Gasteiger partial charge in [0.15, 0.2) is 0 Å². The van der Waals surface area contributed by atoms with Gasteiger partial charge < -0.3 is 14.6 Å². The molecule has 4 aromatic rings. The van der Waals surface area contributed by atoms with E-state index in [1.54, 1.807) is 25.1 Å². The number of rotatable bonds is 5. The van der Waals surface area contributed by atoms with Gasteiger partial charge >= 0.3 is 0 Å². The Balaban J connectivity index is 1.31. The summed E-state index contributed by atoms with van der Waals surface area (Å²) in [7, 11) is 0. The van der Waals surface area contributed by atoms with E-state index in [-0.39, 0.29) is 29.7 Å². The number of carbonyl (C=O) groups is 2. The number of hydrogen-bond donors (Lipinski definition) is 1. The summed E-state index contributed by atoms with van der Waals surface area (Å²) in [5.74, 6) is 0.251. The van der Waals surface area contributed by atoms with Crippen molar-refractivity contribution in [3.05, 3.63) is 75.0 Å². The van der Waals surface area contributed by atoms with Crippen molar-refractivity contribution in [2.24, 2.45) is 0 Å². The lowest BCUT2D eigenvalue weighted by Gasteiger charge is -2.15. The average molecular weight is 544 g/mol. The molecule has 1 aliphatic carbocycles. The van der Waals surface area contributed by atoms with Crippen molar-refractivity contribution in [3.63, 3.8) is 0 Å². The number of fused-ring (bicyclic) bond motifs is 4. The highest BCUT2D eigenvalue weighted by Crippen LogP contribution is 2.49. The van der Waals surface area contributed by atoms with E-state index in [9.17, 15) is 14.0 Å². The summed E-state index contributed by atoms with van der Waals surface area (Å²) in [6.45, 7) is 4.46. The maximum absolute atomic E-state index is 13.7. The lowest BCUT2D eigenvalue weighted by atomic mass is 9.94. The van der Waals surface area contributed by atoms with E-state index in [1.165, 1.54) is 17.4 Å². The number of nitrogens with one attached hydrogen (secondary N) is 1. The Kier molecular flexibility index (Phi) is 5.62. The van der Waals surface area contributed by atoms with Crippen molar-refractivity contribution in [1.29, 1.82) is 0 Å². The van der Waals surface area contributed by atoms with Gasteiger partial charge in [-0.2, -0.15) is 0 Å². The molecule has 1 N–H and O–H groups in total. The number of thiophene rings is 1. The fourth-order valence-electron chi connectivity index (χ4n) is 6.24. The fraction of sp³-hybridized carbons (Fsp3) is 0.345. The number of hydrogen-bond acceptors (Lipinski definition) is 7. The first-order valence-corrected chi connectivity index (χ1v) is 14.1. The first-order chi connectivity index (χ1) is 18.9. The minimum Gasteiger partial charge on any atom is -0.421 e. The smallest absolute Gasteiger partial charge is 0.261 e. The van der Waals surface area contributed by atoms with E-state index in [0.29, 0.717) is 46.3 Å². The molecule has 7 rings (SSSR count). The van der Waals surface area contributed by atoms with Crippen LogP contribution in [0.4, 0.5) is 4.39 Å². The zero-order chi connectivity index (χ0) is 26.8. The Hall–Kier alpha value is -3.92. The molecule has 3 aliphatic rings. The van der Waals surface area contributed by atoms with Crippen LogP contribution in [0.2, 0.25) is 0 Å². The first kappa shape index (κ1) is 24.1. The van der Waals surface area contributed by atoms with Gasteiger partial charge in [0.2, 0.25) is 11.8 Å². The Morgan fingerprint density at radius 2 is 2.05 bits per heavy atom. The maximum Gasteiger partial charge on any atom is 0.261 e. The number of aryl methyl sites for hydroxylation is 3. The number of aromatic nitrogens is 3. The topological polar surface area (TPSA) is 101 Å². The molecule has 1 fully saturated rings. The Morgan fingerprint density at radius 1 is 1.18 bits per heavy atom. The van der Waals surface area contributed by atoms with Gasteiger partial charge in [-0.05, 0) is 67.5 Å². The van der Waals surface area contributed by atoms with Crippen LogP contribution in [0, 0.1) is 12.7 Å². The van der Waals surface area contributed by atoms with Crippen molar-refractivity contribution in [1.82, 2.24) is 25.4 Å². The van der Waals surface area contributed by atoms with Crippen molar-refractivity contribution < 1.29 is 18.4 Å². The molecule has 1 saturated heterocycles. The van der Waals surface area contributed by atoms with Crippen LogP contribution in [0.25, 0.3) is 21.9 Å². The number of nitrogens with zero attached hydrogens (tertiary/aromatic N) is 4. The molecule has 0 spiro atoms. The summed E-state index contributed by atoms with van der Waals surface area (Å²) < 4.78 is 19.5. The van der Waals surface area contributed by atoms with Crippen molar-refractivity contribution >= 4 is 23.2 Å². The molecule has 0 radical (unpaired) electrons. The summed E-state index contributed by atoms with van der Waals surface area (Å²) in [4.78, 5) is 35.2. The minimum absolute atomic E-state index is 0.0231. The van der Waals surface area contributed by atoms with Crippen LogP contribution in [0.3, 0.4) is 0 Å². The third kappa shape index (κ3) is 3.80. The molecule has 2 atom stereocenters. The van der Waals surface area contributed by atoms with E-state index >= 15 is 0 Å². The van der Waals surface area contributed by atoms with Gasteiger partial charge in [-0.1, -0.05) is 13.0 Å². The molecule has 1 aromatic carbocycles. The molecule has 0 saturated carbocycles. The summed E-state index contributed by atoms with van der Waals surface area (Å²) in [6, 6.07) is 8.22. The Labute approximate surface area is 228 Å². The van der Waals surface area contributed by atoms with Gasteiger partial charge in [-0.3, -0.25) is 14.6 Å². The van der Waals surface area contributed by atoms with Gasteiger partial charge in [-0.25, -0.2) is 4.39 Å². The third-order valence-electron chi connectivity index (χ3n) is 7.98. The van der Waals surface area contributed by atoms with Crippen LogP contribution in [0.5, 0.6) is 0 Å². The molecule has 10 heteroatoms. The third-order valence-corrected chi connectivity index (χ3v) is 9.08. The maximum atomic E-state index is 13.7. The summed E-state index contributed by atoms with van der Waals surface area (Å²) in [5.41, 5.74) is 5.44. The highest BCUT2D eigenvalue weighted by Gasteiger charge is 2.44. The van der Waals surface area contributed by atoms with Crippen molar-refractivity contribution in [3.8, 4) is 21.9 Å². The predicted octanol–water partition coefficient (Wildman–Crippen LogP) is 5.58. The second-order valence-corrected chi connectivity index (χ2v) is 11.4. The first-order valence-electron chi connectivity index (χ1n) is 13.3. The molecule has 3 aromatic heterocycles. The van der Waals surface area contributed by atoms with Crippen LogP contribution >= 0.6 is 11.3 Å². The Morgan fingerprint density at radius 3 is 2.85 bits per heavy atom. The lowest BCUT2D eigenvalue weighted by Crippen LogP contribution is -2.26. The summed E-state index contributed by atoms with van der Waals surface area (Å²) in [6.07, 6.45) is 3.92. The molecule has 0 bridgehead atoms. The largest absolute Gasteiger partial charge is 0.421 e. The van der Waals surface area contributed by atoms with E-state index in [1.807, 2.05) is 17.9 Å². The van der Waals surface area contributed by atoms with Crippen LogP contribution < -0.4 is 5.32 Å². The molecule has 5 heterocycles. The van der Waals surface area contributed by atoms with Gasteiger partial charge in [0.25, 0.3) is 11.8 Å². The zero-order valence-corrected chi connectivity index (χ0v) is 22.4. The Bertz CT molecular complexity index is 1660. The molecule has 198 valence electrons. The molecule has 0 unspecified atom stereocenters. The van der Waals surface area contributed by atoms with E-state index in [0.717, 1.165) is 53.1 Å². The van der Waals surface area contributed by atoms with E-state index < -0.39 is 0 Å². The predicted molar refractivity (Wildman–Crippen MR) is 143 cm³/mol. The second-order valence-electron chi connectivity index (χ2n) is 10.3. The van der Waals surface area contributed by atoms with Crippen LogP contribution in [-0.2, 0) is 12.8 Å². The molecule has 2 aliphatic heterocycles. The zero-order valence-electron chi connectivity index (χ0n) is 21.6. The molecule has 8 nitrogen and oxygen atoms in total. The van der Waals surface area contributed by atoms with Gasteiger partial charge in [-0.15, -0.1) is 21.5 Å². The standard InChI is InChI=1S/C29H26FN5O3S/c1-3-18-23(28-34-33-14(2)38-28)24(25-26(31-18)20-5-4-12-35(20)29(25)37)21-10-11-22(39-21)27(36)32-19-9-6-15-13-16(30)7-8-17(15)19/h7-8,10-11,13,19-20H,3-6,9,12H2,1-2H3,(H,32,36)/t19-,20+/m1/s1. The highest BCUT2D eigenvalue weighted by molar-refractivity contribution is 7.17. The highest BCUT2D eigenvalue weighted by atomic mass is 32.1. The van der Waals surface area contributed by atoms with Crippen LogP contribution in [0.1, 0.15) is 86.7 Å². The van der Waals surface area contributed by atoms with Gasteiger partial charge in [0, 0.05) is 23.9 Å². The molecule has 2 amide bonds. The van der Waals surface area contributed by atoms with Gasteiger partial charge in [0.05, 0.1) is 39.5 Å². The number of pyridine rings is 1. The molecular formula is C29H26FN5O3S. The number of carbonyl (C=O) groups excluding carboxylic acids is 2. The summed E-state index contributed by atoms with van der Waals surface area (Å²) in [5, 5.41) is 11.4. The van der Waals surface area contributed by atoms with Crippen molar-refractivity contribution in [2.75, 3.05) is 6.54 Å². The lowest BCUT2D eigenvalue weighted by molar-refractivity contribution is 0.0776. The van der Waals surface area contributed by atoms with Crippen LogP contribution in [-0.4, -0.2) is 38.4 Å².